The van der Waals surface area contributed by atoms with Crippen LogP contribution < -0.4 is 5.32 Å². The van der Waals surface area contributed by atoms with Crippen LogP contribution >= 0.6 is 11.6 Å². The topological polar surface area (TPSA) is 84.3 Å². The summed E-state index contributed by atoms with van der Waals surface area (Å²) in [5.74, 6) is 0.371. The van der Waals surface area contributed by atoms with Crippen molar-refractivity contribution in [3.8, 4) is 0 Å². The number of piperidine rings is 1. The summed E-state index contributed by atoms with van der Waals surface area (Å²) in [6, 6.07) is 9.24. The number of anilines is 1. The van der Waals surface area contributed by atoms with Crippen LogP contribution in [0.2, 0.25) is 5.02 Å². The maximum atomic E-state index is 12.6. The number of rotatable bonds is 6. The van der Waals surface area contributed by atoms with Crippen LogP contribution in [0, 0.1) is 5.92 Å². The molecule has 0 unspecified atom stereocenters. The second-order valence-corrected chi connectivity index (χ2v) is 9.19. The van der Waals surface area contributed by atoms with Gasteiger partial charge in [0.25, 0.3) is 0 Å². The first-order valence-corrected chi connectivity index (χ1v) is 10.9. The number of amides is 1. The third-order valence-electron chi connectivity index (χ3n) is 4.83. The Bertz CT molecular complexity index is 905. The van der Waals surface area contributed by atoms with Crippen molar-refractivity contribution in [2.45, 2.75) is 26.3 Å². The van der Waals surface area contributed by atoms with Gasteiger partial charge in [0.1, 0.15) is 5.82 Å². The molecule has 1 aliphatic rings. The van der Waals surface area contributed by atoms with E-state index in [4.69, 9.17) is 11.6 Å². The Balaban J connectivity index is 1.61. The van der Waals surface area contributed by atoms with E-state index in [2.05, 4.69) is 10.4 Å². The number of aromatic nitrogens is 2. The molecule has 146 valence electrons. The zero-order chi connectivity index (χ0) is 19.4. The average Bonchev–Trinajstić information content (AvgIpc) is 3.10. The molecule has 0 bridgehead atoms. The Morgan fingerprint density at radius 3 is 2.63 bits per heavy atom. The van der Waals surface area contributed by atoms with Gasteiger partial charge in [0, 0.05) is 30.1 Å². The van der Waals surface area contributed by atoms with Crippen LogP contribution in [-0.2, 0) is 21.4 Å². The van der Waals surface area contributed by atoms with Crippen LogP contribution in [0.25, 0.3) is 0 Å². The van der Waals surface area contributed by atoms with Crippen molar-refractivity contribution in [2.24, 2.45) is 5.92 Å². The Morgan fingerprint density at radius 1 is 1.26 bits per heavy atom. The molecule has 1 N–H and O–H groups in total. The van der Waals surface area contributed by atoms with Crippen LogP contribution in [0.1, 0.15) is 25.3 Å². The molecule has 0 spiro atoms. The van der Waals surface area contributed by atoms with Crippen LogP contribution in [0.5, 0.6) is 0 Å². The Morgan fingerprint density at radius 2 is 1.96 bits per heavy atom. The summed E-state index contributed by atoms with van der Waals surface area (Å²) in [5, 5.41) is 7.83. The number of carbonyl (C=O) groups excluding carboxylic acids is 1. The fourth-order valence-corrected chi connectivity index (χ4v) is 4.49. The third-order valence-corrected chi connectivity index (χ3v) is 7.08. The largest absolute Gasteiger partial charge is 0.311 e. The van der Waals surface area contributed by atoms with E-state index in [9.17, 15) is 13.2 Å². The van der Waals surface area contributed by atoms with Crippen molar-refractivity contribution >= 4 is 33.3 Å². The molecule has 0 radical (unpaired) electrons. The quantitative estimate of drug-likeness (QED) is 0.793. The molecule has 2 aromatic rings. The molecule has 1 saturated heterocycles. The van der Waals surface area contributed by atoms with Gasteiger partial charge >= 0.3 is 0 Å². The van der Waals surface area contributed by atoms with E-state index in [0.29, 0.717) is 43.3 Å². The fraction of sp³-hybridized carbons (Fsp3) is 0.444. The lowest BCUT2D eigenvalue weighted by atomic mass is 9.97. The van der Waals surface area contributed by atoms with Gasteiger partial charge in [0.2, 0.25) is 15.9 Å². The highest BCUT2D eigenvalue weighted by Gasteiger charge is 2.30. The van der Waals surface area contributed by atoms with Crippen molar-refractivity contribution < 1.29 is 13.2 Å². The van der Waals surface area contributed by atoms with Crippen molar-refractivity contribution in [3.63, 3.8) is 0 Å². The molecule has 7 nitrogen and oxygen atoms in total. The minimum Gasteiger partial charge on any atom is -0.311 e. The van der Waals surface area contributed by atoms with Gasteiger partial charge in [-0.05, 0) is 31.4 Å². The SMILES string of the molecule is CCS(=O)(=O)N1CCC(C(=O)Nc2ccnn2Cc2ccccc2Cl)CC1. The molecule has 27 heavy (non-hydrogen) atoms. The molecule has 1 amide bonds. The lowest BCUT2D eigenvalue weighted by Gasteiger charge is -2.30. The standard InChI is InChI=1S/C18H23ClN4O3S/c1-2-27(25,26)22-11-8-14(9-12-22)18(24)21-17-7-10-20-23(17)13-15-5-3-4-6-16(15)19/h3-7,10,14H,2,8-9,11-13H2,1H3,(H,21,24). The molecule has 1 aromatic carbocycles. The predicted molar refractivity (Wildman–Crippen MR) is 105 cm³/mol. The number of halogens is 1. The maximum Gasteiger partial charge on any atom is 0.228 e. The van der Waals surface area contributed by atoms with Crippen molar-refractivity contribution in [1.82, 2.24) is 14.1 Å². The summed E-state index contributed by atoms with van der Waals surface area (Å²) in [7, 11) is -3.19. The molecule has 0 aliphatic carbocycles. The van der Waals surface area contributed by atoms with E-state index in [1.54, 1.807) is 23.9 Å². The summed E-state index contributed by atoms with van der Waals surface area (Å²) in [4.78, 5) is 12.6. The van der Waals surface area contributed by atoms with Crippen molar-refractivity contribution in [2.75, 3.05) is 24.2 Å². The molecule has 1 fully saturated rings. The predicted octanol–water partition coefficient (Wildman–Crippen LogP) is 2.58. The molecule has 0 atom stereocenters. The molecule has 1 aromatic heterocycles. The van der Waals surface area contributed by atoms with Crippen molar-refractivity contribution in [1.29, 1.82) is 0 Å². The number of carbonyl (C=O) groups is 1. The van der Waals surface area contributed by atoms with Crippen molar-refractivity contribution in [3.05, 3.63) is 47.1 Å². The van der Waals surface area contributed by atoms with Gasteiger partial charge < -0.3 is 5.32 Å². The highest BCUT2D eigenvalue weighted by molar-refractivity contribution is 7.89. The van der Waals surface area contributed by atoms with E-state index < -0.39 is 10.0 Å². The number of nitrogens with one attached hydrogen (secondary N) is 1. The summed E-state index contributed by atoms with van der Waals surface area (Å²) in [5.41, 5.74) is 0.913. The zero-order valence-corrected chi connectivity index (χ0v) is 16.7. The second-order valence-electron chi connectivity index (χ2n) is 6.53. The van der Waals surface area contributed by atoms with Crippen LogP contribution in [0.15, 0.2) is 36.5 Å². The lowest BCUT2D eigenvalue weighted by Crippen LogP contribution is -2.42. The summed E-state index contributed by atoms with van der Waals surface area (Å²) < 4.78 is 27.0. The van der Waals surface area contributed by atoms with E-state index in [1.165, 1.54) is 4.31 Å². The van der Waals surface area contributed by atoms with Crippen LogP contribution in [0.4, 0.5) is 5.82 Å². The molecule has 2 heterocycles. The number of sulfonamides is 1. The number of benzene rings is 1. The molecule has 0 saturated carbocycles. The highest BCUT2D eigenvalue weighted by atomic mass is 35.5. The normalized spacial score (nSPS) is 16.4. The van der Waals surface area contributed by atoms with Gasteiger partial charge in [0.15, 0.2) is 0 Å². The first-order valence-electron chi connectivity index (χ1n) is 8.94. The number of hydrogen-bond donors (Lipinski definition) is 1. The van der Waals surface area contributed by atoms with Gasteiger partial charge in [-0.1, -0.05) is 29.8 Å². The Hall–Kier alpha value is -1.90. The minimum absolute atomic E-state index is 0.0884. The van der Waals surface area contributed by atoms with E-state index in [0.717, 1.165) is 5.56 Å². The van der Waals surface area contributed by atoms with Crippen LogP contribution in [-0.4, -0.2) is 47.3 Å². The molecular formula is C18H23ClN4O3S. The molecule has 9 heteroatoms. The summed E-state index contributed by atoms with van der Waals surface area (Å²) in [6.07, 6.45) is 2.66. The van der Waals surface area contributed by atoms with E-state index >= 15 is 0 Å². The highest BCUT2D eigenvalue weighted by Crippen LogP contribution is 2.22. The monoisotopic (exact) mass is 410 g/mol. The van der Waals surface area contributed by atoms with Gasteiger partial charge in [0.05, 0.1) is 18.5 Å². The third kappa shape index (κ3) is 4.69. The minimum atomic E-state index is -3.19. The van der Waals surface area contributed by atoms with Gasteiger partial charge in [-0.2, -0.15) is 5.10 Å². The second kappa shape index (κ2) is 8.41. The molecule has 1 aliphatic heterocycles. The summed E-state index contributed by atoms with van der Waals surface area (Å²) in [6.45, 7) is 2.85. The average molecular weight is 411 g/mol. The van der Waals surface area contributed by atoms with Gasteiger partial charge in [-0.3, -0.25) is 4.79 Å². The molecular weight excluding hydrogens is 388 g/mol. The van der Waals surface area contributed by atoms with Gasteiger partial charge in [-0.15, -0.1) is 0 Å². The lowest BCUT2D eigenvalue weighted by molar-refractivity contribution is -0.121. The molecule has 3 rings (SSSR count). The maximum absolute atomic E-state index is 12.6. The first-order chi connectivity index (χ1) is 12.9. The first kappa shape index (κ1) is 19.9. The Labute approximate surface area is 164 Å². The van der Waals surface area contributed by atoms with Crippen LogP contribution in [0.3, 0.4) is 0 Å². The van der Waals surface area contributed by atoms with Gasteiger partial charge in [-0.25, -0.2) is 17.4 Å². The Kier molecular flexibility index (Phi) is 6.18. The fourth-order valence-electron chi connectivity index (χ4n) is 3.16. The smallest absolute Gasteiger partial charge is 0.228 e. The van der Waals surface area contributed by atoms with E-state index in [-0.39, 0.29) is 17.6 Å². The van der Waals surface area contributed by atoms with E-state index in [1.807, 2.05) is 24.3 Å². The number of hydrogen-bond acceptors (Lipinski definition) is 4. The zero-order valence-electron chi connectivity index (χ0n) is 15.1. The summed E-state index contributed by atoms with van der Waals surface area (Å²) >= 11 is 6.20. The number of nitrogens with zero attached hydrogens (tertiary/aromatic N) is 3.